The van der Waals surface area contributed by atoms with Crippen LogP contribution in [0.2, 0.25) is 0 Å². The van der Waals surface area contributed by atoms with Crippen LogP contribution in [-0.2, 0) is 0 Å². The molecule has 0 N–H and O–H groups in total. The molecule has 1 aromatic heterocycles. The molecule has 0 aliphatic carbocycles. The molecule has 0 saturated heterocycles. The lowest BCUT2D eigenvalue weighted by Gasteiger charge is -2.23. The zero-order chi connectivity index (χ0) is 26.9. The number of hydrogen-bond donors (Lipinski definition) is 0. The minimum absolute atomic E-state index is 0.565. The van der Waals surface area contributed by atoms with E-state index in [0.29, 0.717) is 18.4 Å². The monoisotopic (exact) mass is 660 g/mol. The maximum atomic E-state index is 6.62. The minimum Gasteiger partial charge on any atom is -0.488 e. The van der Waals surface area contributed by atoms with Gasteiger partial charge in [0.2, 0.25) is 0 Å². The molecule has 4 nitrogen and oxygen atoms in total. The van der Waals surface area contributed by atoms with Crippen molar-refractivity contribution in [2.75, 3.05) is 13.2 Å². The Labute approximate surface area is 247 Å². The van der Waals surface area contributed by atoms with Crippen molar-refractivity contribution < 1.29 is 9.47 Å². The van der Waals surface area contributed by atoms with Gasteiger partial charge in [-0.2, -0.15) is 0 Å². The summed E-state index contributed by atoms with van der Waals surface area (Å²) in [5.74, 6) is 2.72. The van der Waals surface area contributed by atoms with Crippen molar-refractivity contribution in [3.8, 4) is 11.5 Å². The molecule has 0 radical (unpaired) electrons. The van der Waals surface area contributed by atoms with Gasteiger partial charge in [-0.25, -0.2) is 0 Å². The van der Waals surface area contributed by atoms with E-state index >= 15 is 0 Å². The summed E-state index contributed by atoms with van der Waals surface area (Å²) in [5, 5.41) is 4.38. The zero-order valence-electron chi connectivity index (χ0n) is 23.8. The number of nitrogens with zero attached hydrogens (tertiary/aromatic N) is 2. The van der Waals surface area contributed by atoms with Crippen LogP contribution in [0.25, 0.3) is 10.2 Å². The second kappa shape index (κ2) is 19.6. The number of ether oxygens (including phenoxy) is 2. The zero-order valence-corrected chi connectivity index (χ0v) is 27.7. The second-order valence-electron chi connectivity index (χ2n) is 10.6. The maximum Gasteiger partial charge on any atom is 0.178 e. The molecule has 0 spiro atoms. The van der Waals surface area contributed by atoms with Gasteiger partial charge in [-0.3, -0.25) is 0 Å². The molecule has 2 rings (SSSR count). The summed E-state index contributed by atoms with van der Waals surface area (Å²) in [6, 6.07) is 0. The van der Waals surface area contributed by atoms with Crippen LogP contribution in [0.3, 0.4) is 0 Å². The van der Waals surface area contributed by atoms with Crippen LogP contribution in [0.15, 0.2) is 8.95 Å². The summed E-state index contributed by atoms with van der Waals surface area (Å²) in [4.78, 5) is 0. The first kappa shape index (κ1) is 32.8. The van der Waals surface area contributed by atoms with E-state index in [1.54, 1.807) is 0 Å². The third-order valence-electron chi connectivity index (χ3n) is 7.29. The number of halogens is 2. The molecule has 0 fully saturated rings. The lowest BCUT2D eigenvalue weighted by molar-refractivity contribution is 0.191. The third kappa shape index (κ3) is 11.3. The molecular formula is C30H50Br2N2O2S. The first-order valence-corrected chi connectivity index (χ1v) is 17.3. The van der Waals surface area contributed by atoms with Crippen LogP contribution in [0, 0.1) is 11.8 Å². The van der Waals surface area contributed by atoms with Gasteiger partial charge in [0.15, 0.2) is 11.5 Å². The van der Waals surface area contributed by atoms with Crippen molar-refractivity contribution in [3.63, 3.8) is 0 Å². The molecular weight excluding hydrogens is 612 g/mol. The second-order valence-corrected chi connectivity index (χ2v) is 12.9. The Morgan fingerprint density at radius 2 is 1.08 bits per heavy atom. The Bertz CT molecular complexity index is 809. The Morgan fingerprint density at radius 3 is 1.57 bits per heavy atom. The van der Waals surface area contributed by atoms with Crippen molar-refractivity contribution in [3.05, 3.63) is 8.95 Å². The SMILES string of the molecule is CCCCCCC(CCCC)COc1c(OCC(CCCC)CCCCCC)c(Br)c2snnc2c1Br. The van der Waals surface area contributed by atoms with Gasteiger partial charge >= 0.3 is 0 Å². The average Bonchev–Trinajstić information content (AvgIpc) is 3.40. The van der Waals surface area contributed by atoms with Crippen LogP contribution in [0.4, 0.5) is 0 Å². The van der Waals surface area contributed by atoms with E-state index in [9.17, 15) is 0 Å². The smallest absolute Gasteiger partial charge is 0.178 e. The predicted molar refractivity (Wildman–Crippen MR) is 167 cm³/mol. The van der Waals surface area contributed by atoms with Gasteiger partial charge in [-0.05, 0) is 80.9 Å². The van der Waals surface area contributed by atoms with E-state index in [0.717, 1.165) is 37.3 Å². The minimum atomic E-state index is 0.565. The molecule has 1 heterocycles. The van der Waals surface area contributed by atoms with E-state index < -0.39 is 0 Å². The molecule has 0 aliphatic heterocycles. The fourth-order valence-corrected chi connectivity index (χ4v) is 6.88. The van der Waals surface area contributed by atoms with Gasteiger partial charge in [-0.15, -0.1) is 5.10 Å². The first-order valence-electron chi connectivity index (χ1n) is 15.0. The van der Waals surface area contributed by atoms with Gasteiger partial charge in [0.05, 0.1) is 26.9 Å². The predicted octanol–water partition coefficient (Wildman–Crippen LogP) is 11.5. The normalized spacial score (nSPS) is 13.2. The van der Waals surface area contributed by atoms with Gasteiger partial charge in [0.1, 0.15) is 5.52 Å². The fraction of sp³-hybridized carbons (Fsp3) is 0.800. The number of benzene rings is 1. The van der Waals surface area contributed by atoms with E-state index in [-0.39, 0.29) is 0 Å². The van der Waals surface area contributed by atoms with E-state index in [2.05, 4.69) is 69.1 Å². The van der Waals surface area contributed by atoms with Gasteiger partial charge in [0, 0.05) is 0 Å². The summed E-state index contributed by atoms with van der Waals surface area (Å²) < 4.78 is 20.2. The van der Waals surface area contributed by atoms with Gasteiger partial charge in [-0.1, -0.05) is 109 Å². The number of fused-ring (bicyclic) bond motifs is 1. The fourth-order valence-electron chi connectivity index (χ4n) is 4.88. The summed E-state index contributed by atoms with van der Waals surface area (Å²) >= 11 is 9.04. The van der Waals surface area contributed by atoms with Crippen molar-refractivity contribution in [2.45, 2.75) is 130 Å². The average molecular weight is 663 g/mol. The molecule has 0 amide bonds. The quantitative estimate of drug-likeness (QED) is 0.118. The summed E-state index contributed by atoms with van der Waals surface area (Å²) in [6.07, 6.45) is 20.3. The molecule has 1 aromatic carbocycles. The van der Waals surface area contributed by atoms with Crippen LogP contribution < -0.4 is 9.47 Å². The maximum absolute atomic E-state index is 6.62. The molecule has 0 saturated carbocycles. The number of aromatic nitrogens is 2. The Kier molecular flexibility index (Phi) is 17.4. The van der Waals surface area contributed by atoms with Crippen LogP contribution in [0.1, 0.15) is 130 Å². The Balaban J connectivity index is 2.19. The molecule has 2 aromatic rings. The molecule has 0 bridgehead atoms. The van der Waals surface area contributed by atoms with Crippen molar-refractivity contribution in [2.24, 2.45) is 11.8 Å². The summed E-state index contributed by atoms with van der Waals surface area (Å²) in [7, 11) is 0. The number of rotatable bonds is 22. The Morgan fingerprint density at radius 1 is 0.622 bits per heavy atom. The summed E-state index contributed by atoms with van der Waals surface area (Å²) in [6.45, 7) is 10.5. The van der Waals surface area contributed by atoms with Gasteiger partial charge in [0.25, 0.3) is 0 Å². The van der Waals surface area contributed by atoms with Gasteiger partial charge < -0.3 is 9.47 Å². The van der Waals surface area contributed by atoms with E-state index in [1.165, 1.54) is 114 Å². The molecule has 2 unspecified atom stereocenters. The van der Waals surface area contributed by atoms with Crippen LogP contribution >= 0.6 is 43.4 Å². The number of hydrogen-bond acceptors (Lipinski definition) is 5. The van der Waals surface area contributed by atoms with Crippen molar-refractivity contribution in [1.29, 1.82) is 0 Å². The largest absolute Gasteiger partial charge is 0.488 e. The highest BCUT2D eigenvalue weighted by Crippen LogP contribution is 2.48. The topological polar surface area (TPSA) is 44.2 Å². The molecule has 0 aliphatic rings. The highest BCUT2D eigenvalue weighted by atomic mass is 79.9. The third-order valence-corrected chi connectivity index (χ3v) is 9.79. The highest BCUT2D eigenvalue weighted by Gasteiger charge is 2.24. The van der Waals surface area contributed by atoms with Crippen LogP contribution in [0.5, 0.6) is 11.5 Å². The van der Waals surface area contributed by atoms with E-state index in [4.69, 9.17) is 9.47 Å². The molecule has 7 heteroatoms. The molecule has 212 valence electrons. The van der Waals surface area contributed by atoms with E-state index in [1.807, 2.05) is 0 Å². The Hall–Kier alpha value is -0.400. The van der Waals surface area contributed by atoms with Crippen molar-refractivity contribution >= 4 is 53.6 Å². The number of unbranched alkanes of at least 4 members (excludes halogenated alkanes) is 8. The lowest BCUT2D eigenvalue weighted by Crippen LogP contribution is -2.16. The molecule has 37 heavy (non-hydrogen) atoms. The summed E-state index contributed by atoms with van der Waals surface area (Å²) in [5.41, 5.74) is 0.842. The highest BCUT2D eigenvalue weighted by molar-refractivity contribution is 9.11. The lowest BCUT2D eigenvalue weighted by atomic mass is 9.96. The van der Waals surface area contributed by atoms with Crippen molar-refractivity contribution in [1.82, 2.24) is 9.59 Å². The van der Waals surface area contributed by atoms with Crippen LogP contribution in [-0.4, -0.2) is 22.8 Å². The molecule has 2 atom stereocenters. The first-order chi connectivity index (χ1) is 18.1. The standard InChI is InChI=1S/C30H50Br2N2O2S/c1-5-9-13-15-19-23(17-11-7-3)21-35-28-25(31)27-30(37-34-33-27)26(32)29(28)36-22-24(18-12-8-4)20-16-14-10-6-2/h23-24H,5-22H2,1-4H3.